The molecule has 0 aliphatic heterocycles. The number of aryl methyl sites for hydroxylation is 2. The Hall–Kier alpha value is -2.53. The first kappa shape index (κ1) is 15.0. The minimum atomic E-state index is 0.739. The monoisotopic (exact) mass is 381 g/mol. The molecule has 5 heteroatoms. The molecule has 0 amide bonds. The number of pyridine rings is 1. The number of halogens is 1. The number of furan rings is 1. The number of rotatable bonds is 3. The summed E-state index contributed by atoms with van der Waals surface area (Å²) in [5, 5.41) is 3.57. The highest BCUT2D eigenvalue weighted by Crippen LogP contribution is 2.34. The SMILES string of the molecule is Cc1cccc(C)c1Nc1c(-c2ccco2)nc2ccc(Br)cn12. The molecule has 0 spiro atoms. The van der Waals surface area contributed by atoms with Gasteiger partial charge in [-0.05, 0) is 65.2 Å². The van der Waals surface area contributed by atoms with Crippen LogP contribution in [0.1, 0.15) is 11.1 Å². The van der Waals surface area contributed by atoms with Crippen LogP contribution in [0.3, 0.4) is 0 Å². The number of anilines is 2. The maximum absolute atomic E-state index is 5.59. The number of hydrogen-bond donors (Lipinski definition) is 1. The van der Waals surface area contributed by atoms with E-state index in [1.54, 1.807) is 6.26 Å². The predicted molar refractivity (Wildman–Crippen MR) is 99.8 cm³/mol. The number of hydrogen-bond acceptors (Lipinski definition) is 3. The second-order valence-electron chi connectivity index (χ2n) is 5.75. The summed E-state index contributed by atoms with van der Waals surface area (Å²) in [5.74, 6) is 1.63. The lowest BCUT2D eigenvalue weighted by atomic mass is 10.1. The van der Waals surface area contributed by atoms with E-state index in [-0.39, 0.29) is 0 Å². The fourth-order valence-electron chi connectivity index (χ4n) is 2.85. The van der Waals surface area contributed by atoms with Crippen LogP contribution in [0.15, 0.2) is 63.8 Å². The van der Waals surface area contributed by atoms with Gasteiger partial charge < -0.3 is 9.73 Å². The summed E-state index contributed by atoms with van der Waals surface area (Å²) in [7, 11) is 0. The number of imidazole rings is 1. The number of fused-ring (bicyclic) bond motifs is 1. The Morgan fingerprint density at radius 3 is 2.54 bits per heavy atom. The zero-order valence-electron chi connectivity index (χ0n) is 13.4. The van der Waals surface area contributed by atoms with Crippen LogP contribution in [0.4, 0.5) is 11.5 Å². The van der Waals surface area contributed by atoms with Gasteiger partial charge in [-0.25, -0.2) is 4.98 Å². The van der Waals surface area contributed by atoms with E-state index in [0.29, 0.717) is 0 Å². The summed E-state index contributed by atoms with van der Waals surface area (Å²) in [5.41, 5.74) is 5.11. The van der Waals surface area contributed by atoms with Crippen LogP contribution in [0.2, 0.25) is 0 Å². The molecule has 0 fully saturated rings. The van der Waals surface area contributed by atoms with Crippen LogP contribution in [-0.2, 0) is 0 Å². The van der Waals surface area contributed by atoms with Crippen molar-refractivity contribution < 1.29 is 4.42 Å². The van der Waals surface area contributed by atoms with Crippen LogP contribution >= 0.6 is 15.9 Å². The number of nitrogens with zero attached hydrogens (tertiary/aromatic N) is 2. The van der Waals surface area contributed by atoms with Gasteiger partial charge in [-0.3, -0.25) is 4.40 Å². The molecule has 24 heavy (non-hydrogen) atoms. The Kier molecular flexibility index (Phi) is 3.65. The molecule has 0 saturated carbocycles. The van der Waals surface area contributed by atoms with Crippen LogP contribution in [0, 0.1) is 13.8 Å². The highest BCUT2D eigenvalue weighted by molar-refractivity contribution is 9.10. The average Bonchev–Trinajstić information content (AvgIpc) is 3.18. The third-order valence-electron chi connectivity index (χ3n) is 4.06. The normalized spacial score (nSPS) is 11.1. The van der Waals surface area contributed by atoms with Crippen molar-refractivity contribution in [1.82, 2.24) is 9.38 Å². The Morgan fingerprint density at radius 1 is 1.04 bits per heavy atom. The van der Waals surface area contributed by atoms with Gasteiger partial charge in [0.05, 0.1) is 6.26 Å². The maximum Gasteiger partial charge on any atom is 0.156 e. The molecule has 1 N–H and O–H groups in total. The van der Waals surface area contributed by atoms with E-state index in [4.69, 9.17) is 9.40 Å². The molecule has 0 radical (unpaired) electrons. The molecule has 0 aliphatic carbocycles. The van der Waals surface area contributed by atoms with Gasteiger partial charge in [0.1, 0.15) is 17.2 Å². The van der Waals surface area contributed by atoms with Crippen LogP contribution in [0.5, 0.6) is 0 Å². The molecule has 120 valence electrons. The molecular formula is C19H16BrN3O. The maximum atomic E-state index is 5.59. The van der Waals surface area contributed by atoms with E-state index in [1.807, 2.05) is 34.9 Å². The lowest BCUT2D eigenvalue weighted by Gasteiger charge is -2.13. The first-order valence-corrected chi connectivity index (χ1v) is 8.47. The first-order valence-electron chi connectivity index (χ1n) is 7.68. The van der Waals surface area contributed by atoms with E-state index in [0.717, 1.165) is 33.1 Å². The summed E-state index contributed by atoms with van der Waals surface area (Å²) in [4.78, 5) is 4.74. The van der Waals surface area contributed by atoms with E-state index in [1.165, 1.54) is 11.1 Å². The molecule has 0 saturated heterocycles. The molecule has 1 aromatic carbocycles. The zero-order chi connectivity index (χ0) is 16.7. The Balaban J connectivity index is 1.95. The topological polar surface area (TPSA) is 42.5 Å². The minimum absolute atomic E-state index is 0.739. The highest BCUT2D eigenvalue weighted by Gasteiger charge is 2.17. The molecular weight excluding hydrogens is 366 g/mol. The zero-order valence-corrected chi connectivity index (χ0v) is 15.0. The standard InChI is InChI=1S/C19H16BrN3O/c1-12-5-3-6-13(2)17(12)22-19-18(15-7-4-10-24-15)21-16-9-8-14(20)11-23(16)19/h3-11,22H,1-2H3. The lowest BCUT2D eigenvalue weighted by Crippen LogP contribution is -2.00. The van der Waals surface area contributed by atoms with Gasteiger partial charge in [0.15, 0.2) is 5.76 Å². The highest BCUT2D eigenvalue weighted by atomic mass is 79.9. The van der Waals surface area contributed by atoms with Gasteiger partial charge in [0, 0.05) is 16.4 Å². The van der Waals surface area contributed by atoms with Crippen molar-refractivity contribution in [3.8, 4) is 11.5 Å². The molecule has 0 atom stereocenters. The van der Waals surface area contributed by atoms with Crippen LogP contribution < -0.4 is 5.32 Å². The summed E-state index contributed by atoms with van der Waals surface area (Å²) < 4.78 is 8.62. The van der Waals surface area contributed by atoms with E-state index in [9.17, 15) is 0 Å². The quantitative estimate of drug-likeness (QED) is 0.493. The summed E-state index contributed by atoms with van der Waals surface area (Å²) in [6.07, 6.45) is 3.67. The van der Waals surface area contributed by atoms with Gasteiger partial charge in [0.25, 0.3) is 0 Å². The van der Waals surface area contributed by atoms with Gasteiger partial charge in [-0.2, -0.15) is 0 Å². The summed E-state index contributed by atoms with van der Waals surface area (Å²) in [6.45, 7) is 4.20. The molecule has 0 aliphatic rings. The lowest BCUT2D eigenvalue weighted by molar-refractivity contribution is 0.581. The molecule has 3 aromatic heterocycles. The van der Waals surface area contributed by atoms with E-state index in [2.05, 4.69) is 53.3 Å². The first-order chi connectivity index (χ1) is 11.6. The third kappa shape index (κ3) is 2.51. The van der Waals surface area contributed by atoms with Crippen LogP contribution in [0.25, 0.3) is 17.1 Å². The smallest absolute Gasteiger partial charge is 0.156 e. The number of para-hydroxylation sites is 1. The van der Waals surface area contributed by atoms with E-state index >= 15 is 0 Å². The van der Waals surface area contributed by atoms with Crippen LogP contribution in [-0.4, -0.2) is 9.38 Å². The van der Waals surface area contributed by atoms with Crippen molar-refractivity contribution >= 4 is 33.1 Å². The van der Waals surface area contributed by atoms with Crippen molar-refractivity contribution in [2.24, 2.45) is 0 Å². The predicted octanol–water partition coefficient (Wildman–Crippen LogP) is 5.72. The Morgan fingerprint density at radius 2 is 1.83 bits per heavy atom. The van der Waals surface area contributed by atoms with Gasteiger partial charge in [0.2, 0.25) is 0 Å². The molecule has 0 bridgehead atoms. The fourth-order valence-corrected chi connectivity index (χ4v) is 3.19. The molecule has 0 unspecified atom stereocenters. The van der Waals surface area contributed by atoms with Gasteiger partial charge >= 0.3 is 0 Å². The van der Waals surface area contributed by atoms with Crippen molar-refractivity contribution in [2.75, 3.05) is 5.32 Å². The minimum Gasteiger partial charge on any atom is -0.463 e. The van der Waals surface area contributed by atoms with E-state index < -0.39 is 0 Å². The summed E-state index contributed by atoms with van der Waals surface area (Å²) >= 11 is 3.54. The molecule has 4 rings (SSSR count). The third-order valence-corrected chi connectivity index (χ3v) is 4.53. The van der Waals surface area contributed by atoms with Crippen molar-refractivity contribution in [3.63, 3.8) is 0 Å². The van der Waals surface area contributed by atoms with Gasteiger partial charge in [-0.1, -0.05) is 18.2 Å². The molecule has 3 heterocycles. The summed E-state index contributed by atoms with van der Waals surface area (Å²) in [6, 6.07) is 14.0. The number of nitrogens with one attached hydrogen (secondary N) is 1. The fraction of sp³-hybridized carbons (Fsp3) is 0.105. The number of aromatic nitrogens is 2. The second-order valence-corrected chi connectivity index (χ2v) is 6.67. The van der Waals surface area contributed by atoms with Gasteiger partial charge in [-0.15, -0.1) is 0 Å². The van der Waals surface area contributed by atoms with Crippen molar-refractivity contribution in [3.05, 3.63) is 70.5 Å². The molecule has 4 aromatic rings. The largest absolute Gasteiger partial charge is 0.463 e. The average molecular weight is 382 g/mol. The Labute approximate surface area is 148 Å². The van der Waals surface area contributed by atoms with Crippen molar-refractivity contribution in [2.45, 2.75) is 13.8 Å². The molecule has 4 nitrogen and oxygen atoms in total. The Bertz CT molecular complexity index is 998. The second kappa shape index (κ2) is 5.83. The number of benzene rings is 1. The van der Waals surface area contributed by atoms with Crippen molar-refractivity contribution in [1.29, 1.82) is 0 Å².